The molecule has 0 fully saturated rings. The second-order valence-corrected chi connectivity index (χ2v) is 15.9. The van der Waals surface area contributed by atoms with Crippen molar-refractivity contribution in [2.45, 2.75) is 0 Å². The molecule has 0 bridgehead atoms. The molecular weight excluding hydrogens is 719 g/mol. The van der Waals surface area contributed by atoms with Gasteiger partial charge in [-0.2, -0.15) is 0 Å². The van der Waals surface area contributed by atoms with Crippen LogP contribution in [0.15, 0.2) is 224 Å². The third-order valence-electron chi connectivity index (χ3n) is 11.4. The van der Waals surface area contributed by atoms with Crippen LogP contribution in [0.4, 0.5) is 17.1 Å². The molecule has 58 heavy (non-hydrogen) atoms. The number of fused-ring (bicyclic) bond motifs is 6. The molecule has 1 aromatic heterocycles. The van der Waals surface area contributed by atoms with Crippen LogP contribution in [0.1, 0.15) is 0 Å². The standard InChI is InChI=1S/C56H37NS/c1-5-19-38(20-6-1)43-30-17-31-44(39-21-7-2-8-22-39)56(43)57(50-32-18-34-52-55(50)48-29-15-16-33-51(48)58-52)42-35-36-46-45-27-13-14-28-47(45)53(40-23-9-3-10-24-40)54(49(46)37-42)41-25-11-4-12-26-41/h1-37H. The SMILES string of the molecule is c1ccc(-c2cccc(-c3ccccc3)c2N(c2ccc3c(c2)c(-c2ccccc2)c(-c2ccccc2)c2ccccc23)c2cccc3sc4ccccc4c23)cc1. The Hall–Kier alpha value is -7.26. The molecule has 10 aromatic carbocycles. The van der Waals surface area contributed by atoms with Crippen molar-refractivity contribution < 1.29 is 0 Å². The van der Waals surface area contributed by atoms with E-state index >= 15 is 0 Å². The van der Waals surface area contributed by atoms with E-state index in [4.69, 9.17) is 0 Å². The zero-order valence-corrected chi connectivity index (χ0v) is 32.5. The Morgan fingerprint density at radius 3 is 1.40 bits per heavy atom. The summed E-state index contributed by atoms with van der Waals surface area (Å²) in [6, 6.07) is 82.1. The summed E-state index contributed by atoms with van der Waals surface area (Å²) in [5.74, 6) is 0. The van der Waals surface area contributed by atoms with Gasteiger partial charge in [0, 0.05) is 37.0 Å². The first-order chi connectivity index (χ1) is 28.8. The largest absolute Gasteiger partial charge is 0.309 e. The van der Waals surface area contributed by atoms with E-state index in [0.29, 0.717) is 0 Å². The molecule has 11 rings (SSSR count). The number of benzene rings is 10. The van der Waals surface area contributed by atoms with Crippen LogP contribution in [-0.2, 0) is 0 Å². The van der Waals surface area contributed by atoms with Crippen LogP contribution in [0.3, 0.4) is 0 Å². The summed E-state index contributed by atoms with van der Waals surface area (Å²) in [5, 5.41) is 7.47. The van der Waals surface area contributed by atoms with Gasteiger partial charge in [-0.05, 0) is 85.3 Å². The Bertz CT molecular complexity index is 3200. The number of hydrogen-bond acceptors (Lipinski definition) is 2. The number of nitrogens with zero attached hydrogens (tertiary/aromatic N) is 1. The fraction of sp³-hybridized carbons (Fsp3) is 0. The van der Waals surface area contributed by atoms with E-state index < -0.39 is 0 Å². The van der Waals surface area contributed by atoms with Crippen molar-refractivity contribution in [2.75, 3.05) is 4.90 Å². The minimum Gasteiger partial charge on any atom is -0.309 e. The van der Waals surface area contributed by atoms with Gasteiger partial charge < -0.3 is 4.90 Å². The number of thiophene rings is 1. The normalized spacial score (nSPS) is 11.4. The van der Waals surface area contributed by atoms with Crippen molar-refractivity contribution in [3.8, 4) is 44.5 Å². The highest BCUT2D eigenvalue weighted by molar-refractivity contribution is 7.26. The highest BCUT2D eigenvalue weighted by Crippen LogP contribution is 2.52. The molecule has 0 aliphatic heterocycles. The van der Waals surface area contributed by atoms with E-state index in [2.05, 4.69) is 229 Å². The van der Waals surface area contributed by atoms with Crippen LogP contribution in [0.5, 0.6) is 0 Å². The molecule has 0 radical (unpaired) electrons. The molecule has 0 aliphatic rings. The summed E-state index contributed by atoms with van der Waals surface area (Å²) in [7, 11) is 0. The molecule has 0 saturated carbocycles. The second kappa shape index (κ2) is 14.4. The van der Waals surface area contributed by atoms with Crippen molar-refractivity contribution in [3.63, 3.8) is 0 Å². The molecule has 0 spiro atoms. The molecule has 0 N–H and O–H groups in total. The fourth-order valence-corrected chi connectivity index (χ4v) is 10.1. The van der Waals surface area contributed by atoms with E-state index in [0.717, 1.165) is 17.1 Å². The Balaban J connectivity index is 1.31. The Morgan fingerprint density at radius 2 is 0.776 bits per heavy atom. The van der Waals surface area contributed by atoms with E-state index in [1.54, 1.807) is 0 Å². The van der Waals surface area contributed by atoms with Gasteiger partial charge in [0.2, 0.25) is 0 Å². The van der Waals surface area contributed by atoms with Crippen LogP contribution < -0.4 is 4.90 Å². The van der Waals surface area contributed by atoms with Crippen molar-refractivity contribution in [1.29, 1.82) is 0 Å². The van der Waals surface area contributed by atoms with Gasteiger partial charge in [-0.25, -0.2) is 0 Å². The molecule has 0 amide bonds. The minimum atomic E-state index is 1.10. The lowest BCUT2D eigenvalue weighted by molar-refractivity contribution is 1.31. The maximum Gasteiger partial charge on any atom is 0.0618 e. The van der Waals surface area contributed by atoms with Crippen molar-refractivity contribution >= 4 is 70.1 Å². The molecule has 1 heterocycles. The van der Waals surface area contributed by atoms with Gasteiger partial charge in [-0.1, -0.05) is 194 Å². The first-order valence-electron chi connectivity index (χ1n) is 19.9. The Morgan fingerprint density at radius 1 is 0.310 bits per heavy atom. The van der Waals surface area contributed by atoms with Gasteiger partial charge in [-0.3, -0.25) is 0 Å². The summed E-state index contributed by atoms with van der Waals surface area (Å²) in [6.45, 7) is 0. The predicted molar refractivity (Wildman–Crippen MR) is 251 cm³/mol. The fourth-order valence-electron chi connectivity index (χ4n) is 8.94. The second-order valence-electron chi connectivity index (χ2n) is 14.8. The number of rotatable bonds is 7. The summed E-state index contributed by atoms with van der Waals surface area (Å²) in [5.41, 5.74) is 13.0. The monoisotopic (exact) mass is 755 g/mol. The van der Waals surface area contributed by atoms with Gasteiger partial charge in [0.15, 0.2) is 0 Å². The smallest absolute Gasteiger partial charge is 0.0618 e. The van der Waals surface area contributed by atoms with Crippen molar-refractivity contribution in [1.82, 2.24) is 0 Å². The lowest BCUT2D eigenvalue weighted by Gasteiger charge is -2.31. The Labute approximate surface area is 342 Å². The van der Waals surface area contributed by atoms with E-state index in [9.17, 15) is 0 Å². The third-order valence-corrected chi connectivity index (χ3v) is 12.6. The quantitative estimate of drug-likeness (QED) is 0.146. The van der Waals surface area contributed by atoms with E-state index in [1.165, 1.54) is 86.2 Å². The molecule has 1 nitrogen and oxygen atoms in total. The average molecular weight is 756 g/mol. The van der Waals surface area contributed by atoms with Crippen LogP contribution in [0, 0.1) is 0 Å². The maximum atomic E-state index is 2.55. The van der Waals surface area contributed by atoms with Crippen LogP contribution >= 0.6 is 11.3 Å². The number of hydrogen-bond donors (Lipinski definition) is 0. The van der Waals surface area contributed by atoms with Crippen molar-refractivity contribution in [3.05, 3.63) is 224 Å². The molecule has 11 aromatic rings. The van der Waals surface area contributed by atoms with Gasteiger partial charge in [0.05, 0.1) is 11.4 Å². The van der Waals surface area contributed by atoms with Crippen LogP contribution in [-0.4, -0.2) is 0 Å². The highest BCUT2D eigenvalue weighted by atomic mass is 32.1. The predicted octanol–water partition coefficient (Wildman–Crippen LogP) is 16.5. The third kappa shape index (κ3) is 5.69. The zero-order valence-electron chi connectivity index (χ0n) is 31.7. The van der Waals surface area contributed by atoms with Gasteiger partial charge in [0.25, 0.3) is 0 Å². The molecule has 0 aliphatic carbocycles. The van der Waals surface area contributed by atoms with Crippen LogP contribution in [0.25, 0.3) is 86.2 Å². The molecule has 2 heteroatoms. The van der Waals surface area contributed by atoms with E-state index in [1.807, 2.05) is 11.3 Å². The molecule has 0 atom stereocenters. The number of anilines is 3. The van der Waals surface area contributed by atoms with Crippen molar-refractivity contribution in [2.24, 2.45) is 0 Å². The number of para-hydroxylation sites is 1. The lowest BCUT2D eigenvalue weighted by Crippen LogP contribution is -2.13. The summed E-state index contributed by atoms with van der Waals surface area (Å²) < 4.78 is 2.55. The van der Waals surface area contributed by atoms with Gasteiger partial charge in [0.1, 0.15) is 0 Å². The lowest BCUT2D eigenvalue weighted by atomic mass is 9.84. The van der Waals surface area contributed by atoms with E-state index in [-0.39, 0.29) is 0 Å². The molecule has 272 valence electrons. The summed E-state index contributed by atoms with van der Waals surface area (Å²) in [4.78, 5) is 2.55. The average Bonchev–Trinajstić information content (AvgIpc) is 3.69. The minimum absolute atomic E-state index is 1.10. The summed E-state index contributed by atoms with van der Waals surface area (Å²) in [6.07, 6.45) is 0. The first-order valence-corrected chi connectivity index (χ1v) is 20.7. The molecule has 0 saturated heterocycles. The molecule has 0 unspecified atom stereocenters. The van der Waals surface area contributed by atoms with Gasteiger partial charge >= 0.3 is 0 Å². The maximum absolute atomic E-state index is 2.55. The summed E-state index contributed by atoms with van der Waals surface area (Å²) >= 11 is 1.86. The zero-order chi connectivity index (χ0) is 38.4. The molecular formula is C56H37NS. The Kier molecular flexibility index (Phi) is 8.42. The highest BCUT2D eigenvalue weighted by Gasteiger charge is 2.26. The topological polar surface area (TPSA) is 3.24 Å². The first kappa shape index (κ1) is 34.0. The van der Waals surface area contributed by atoms with Crippen LogP contribution in [0.2, 0.25) is 0 Å². The van der Waals surface area contributed by atoms with Gasteiger partial charge in [-0.15, -0.1) is 11.3 Å².